The Bertz CT molecular complexity index is 91.6. The number of halogens is 2. The standard InChI is InChI=1S/C9H15Br2/c1-2-3-4-5-6-9(11)7-8-10/h1-2,9H,3-8H2. The van der Waals surface area contributed by atoms with E-state index in [0.717, 1.165) is 11.8 Å². The Hall–Kier alpha value is 0.700. The summed E-state index contributed by atoms with van der Waals surface area (Å²) in [5, 5.41) is 1.09. The fraction of sp³-hybridized carbons (Fsp3) is 0.778. The van der Waals surface area contributed by atoms with Crippen LogP contribution in [0.1, 0.15) is 32.1 Å². The van der Waals surface area contributed by atoms with E-state index in [1.165, 1.54) is 25.7 Å². The van der Waals surface area contributed by atoms with Crippen molar-refractivity contribution in [1.29, 1.82) is 0 Å². The van der Waals surface area contributed by atoms with Crippen LogP contribution in [0.25, 0.3) is 0 Å². The van der Waals surface area contributed by atoms with Gasteiger partial charge in [0.15, 0.2) is 0 Å². The van der Waals surface area contributed by atoms with Crippen LogP contribution in [0.2, 0.25) is 0 Å². The Balaban J connectivity index is 3.03. The molecule has 65 valence electrons. The van der Waals surface area contributed by atoms with Gasteiger partial charge in [0.2, 0.25) is 0 Å². The highest BCUT2D eigenvalue weighted by Gasteiger charge is 2.01. The van der Waals surface area contributed by atoms with Crippen LogP contribution in [-0.2, 0) is 0 Å². The van der Waals surface area contributed by atoms with Crippen molar-refractivity contribution >= 4 is 31.9 Å². The van der Waals surface area contributed by atoms with E-state index in [-0.39, 0.29) is 0 Å². The number of unbranched alkanes of at least 4 members (excludes halogenated alkanes) is 2. The molecule has 0 fully saturated rings. The number of allylic oxidation sites excluding steroid dienone is 1. The molecule has 0 N–H and O–H groups in total. The lowest BCUT2D eigenvalue weighted by molar-refractivity contribution is 0.659. The predicted molar refractivity (Wildman–Crippen MR) is 58.5 cm³/mol. The van der Waals surface area contributed by atoms with Crippen LogP contribution in [0.5, 0.6) is 0 Å². The van der Waals surface area contributed by atoms with Gasteiger partial charge < -0.3 is 0 Å². The predicted octanol–water partition coefficient (Wildman–Crippen LogP) is 4.08. The van der Waals surface area contributed by atoms with Gasteiger partial charge >= 0.3 is 0 Å². The lowest BCUT2D eigenvalue weighted by Crippen LogP contribution is -1.97. The number of alkyl halides is 2. The first-order valence-corrected chi connectivity index (χ1v) is 6.08. The molecule has 1 atom stereocenters. The molecule has 0 aliphatic rings. The summed E-state index contributed by atoms with van der Waals surface area (Å²) in [6.45, 7) is 5.26. The normalized spacial score (nSPS) is 12.9. The minimum absolute atomic E-state index is 0.680. The Kier molecular flexibility index (Phi) is 9.35. The molecular weight excluding hydrogens is 268 g/mol. The molecule has 11 heavy (non-hydrogen) atoms. The van der Waals surface area contributed by atoms with Crippen LogP contribution < -0.4 is 0 Å². The van der Waals surface area contributed by atoms with E-state index in [0.29, 0.717) is 4.83 Å². The Morgan fingerprint density at radius 1 is 1.27 bits per heavy atom. The van der Waals surface area contributed by atoms with Crippen LogP contribution in [-0.4, -0.2) is 10.2 Å². The molecule has 0 aromatic rings. The SMILES string of the molecule is [CH]=CCCCCC(Br)CCBr. The number of hydrogen-bond donors (Lipinski definition) is 0. The number of hydrogen-bond acceptors (Lipinski definition) is 0. The van der Waals surface area contributed by atoms with Gasteiger partial charge in [-0.15, -0.1) is 0 Å². The maximum Gasteiger partial charge on any atom is 0.0153 e. The third-order valence-corrected chi connectivity index (χ3v) is 2.93. The van der Waals surface area contributed by atoms with Gasteiger partial charge in [0.25, 0.3) is 0 Å². The first kappa shape index (κ1) is 11.7. The maximum atomic E-state index is 5.26. The summed E-state index contributed by atoms with van der Waals surface area (Å²) in [5.41, 5.74) is 0. The van der Waals surface area contributed by atoms with Gasteiger partial charge in [0.05, 0.1) is 0 Å². The summed E-state index contributed by atoms with van der Waals surface area (Å²) < 4.78 is 0. The molecule has 0 amide bonds. The van der Waals surface area contributed by atoms with Crippen molar-refractivity contribution in [3.8, 4) is 0 Å². The quantitative estimate of drug-likeness (QED) is 0.487. The monoisotopic (exact) mass is 281 g/mol. The van der Waals surface area contributed by atoms with Crippen molar-refractivity contribution in [1.82, 2.24) is 0 Å². The molecule has 0 nitrogen and oxygen atoms in total. The highest BCUT2D eigenvalue weighted by molar-refractivity contribution is 9.10. The zero-order chi connectivity index (χ0) is 8.53. The maximum absolute atomic E-state index is 5.26. The highest BCUT2D eigenvalue weighted by atomic mass is 79.9. The Morgan fingerprint density at radius 2 is 2.00 bits per heavy atom. The fourth-order valence-electron chi connectivity index (χ4n) is 0.891. The van der Waals surface area contributed by atoms with E-state index in [1.807, 2.05) is 0 Å². The molecule has 0 aliphatic heterocycles. The topological polar surface area (TPSA) is 0 Å². The fourth-order valence-corrected chi connectivity index (χ4v) is 2.61. The summed E-state index contributed by atoms with van der Waals surface area (Å²) in [7, 11) is 0. The van der Waals surface area contributed by atoms with E-state index >= 15 is 0 Å². The third kappa shape index (κ3) is 8.61. The van der Waals surface area contributed by atoms with Crippen molar-refractivity contribution < 1.29 is 0 Å². The molecule has 2 heteroatoms. The summed E-state index contributed by atoms with van der Waals surface area (Å²) in [5.74, 6) is 0. The van der Waals surface area contributed by atoms with Gasteiger partial charge in [-0.2, -0.15) is 0 Å². The van der Waals surface area contributed by atoms with Crippen molar-refractivity contribution in [3.05, 3.63) is 12.7 Å². The molecule has 0 aliphatic carbocycles. The second-order valence-corrected chi connectivity index (χ2v) is 4.68. The van der Waals surface area contributed by atoms with Crippen molar-refractivity contribution in [2.75, 3.05) is 5.33 Å². The molecule has 0 heterocycles. The van der Waals surface area contributed by atoms with Crippen LogP contribution in [0, 0.1) is 6.58 Å². The summed E-state index contributed by atoms with van der Waals surface area (Å²) >= 11 is 7.04. The van der Waals surface area contributed by atoms with Gasteiger partial charge in [-0.1, -0.05) is 50.9 Å². The smallest absolute Gasteiger partial charge is 0.0153 e. The van der Waals surface area contributed by atoms with Crippen LogP contribution >= 0.6 is 31.9 Å². The molecule has 0 aromatic carbocycles. The highest BCUT2D eigenvalue weighted by Crippen LogP contribution is 2.15. The average molecular weight is 283 g/mol. The van der Waals surface area contributed by atoms with Gasteiger partial charge in [-0.3, -0.25) is 0 Å². The van der Waals surface area contributed by atoms with Crippen molar-refractivity contribution in [2.45, 2.75) is 36.9 Å². The van der Waals surface area contributed by atoms with Gasteiger partial charge in [-0.05, 0) is 25.7 Å². The zero-order valence-corrected chi connectivity index (χ0v) is 9.90. The van der Waals surface area contributed by atoms with Gasteiger partial charge in [-0.25, -0.2) is 0 Å². The Labute approximate surface area is 86.7 Å². The molecule has 0 saturated heterocycles. The summed E-state index contributed by atoms with van der Waals surface area (Å²) in [4.78, 5) is 0.680. The molecule has 1 unspecified atom stereocenters. The Morgan fingerprint density at radius 3 is 2.55 bits per heavy atom. The van der Waals surface area contributed by atoms with Gasteiger partial charge in [0, 0.05) is 10.2 Å². The van der Waals surface area contributed by atoms with E-state index in [4.69, 9.17) is 6.58 Å². The second-order valence-electron chi connectivity index (χ2n) is 2.60. The molecule has 0 rings (SSSR count). The average Bonchev–Trinajstić information content (AvgIpc) is 1.99. The summed E-state index contributed by atoms with van der Waals surface area (Å²) in [6.07, 6.45) is 7.77. The van der Waals surface area contributed by atoms with Crippen LogP contribution in [0.3, 0.4) is 0 Å². The minimum atomic E-state index is 0.680. The molecule has 1 radical (unpaired) electrons. The van der Waals surface area contributed by atoms with Crippen LogP contribution in [0.4, 0.5) is 0 Å². The van der Waals surface area contributed by atoms with E-state index in [9.17, 15) is 0 Å². The first-order chi connectivity index (χ1) is 5.31. The minimum Gasteiger partial charge on any atom is -0.0928 e. The molecule has 0 spiro atoms. The van der Waals surface area contributed by atoms with Crippen molar-refractivity contribution in [2.24, 2.45) is 0 Å². The lowest BCUT2D eigenvalue weighted by Gasteiger charge is -2.05. The van der Waals surface area contributed by atoms with Crippen molar-refractivity contribution in [3.63, 3.8) is 0 Å². The number of rotatable bonds is 7. The zero-order valence-electron chi connectivity index (χ0n) is 6.73. The molecule has 0 saturated carbocycles. The van der Waals surface area contributed by atoms with Gasteiger partial charge in [0.1, 0.15) is 0 Å². The van der Waals surface area contributed by atoms with E-state index in [1.54, 1.807) is 6.08 Å². The van der Waals surface area contributed by atoms with E-state index < -0.39 is 0 Å². The molecule has 0 bridgehead atoms. The first-order valence-electron chi connectivity index (χ1n) is 4.04. The largest absolute Gasteiger partial charge is 0.0928 e. The van der Waals surface area contributed by atoms with E-state index in [2.05, 4.69) is 31.9 Å². The summed E-state index contributed by atoms with van der Waals surface area (Å²) in [6, 6.07) is 0. The van der Waals surface area contributed by atoms with Crippen LogP contribution in [0.15, 0.2) is 6.08 Å². The second kappa shape index (κ2) is 8.79. The lowest BCUT2D eigenvalue weighted by atomic mass is 10.1. The molecule has 0 aromatic heterocycles. The molecular formula is C9H15Br2. The third-order valence-electron chi connectivity index (χ3n) is 1.56.